The van der Waals surface area contributed by atoms with Crippen LogP contribution in [0.4, 0.5) is 0 Å². The topological polar surface area (TPSA) is 137 Å². The van der Waals surface area contributed by atoms with Gasteiger partial charge in [0.25, 0.3) is 0 Å². The SMILES string of the molecule is CC(=O)OC[C@H]1O[C@H](S)[C@@](OC(C)=O)(c2cccs2)[C@@H](N=[N+]=[N-])[C@@]1(Cl)OC(C)=O. The van der Waals surface area contributed by atoms with E-state index in [2.05, 4.69) is 22.7 Å². The van der Waals surface area contributed by atoms with Crippen LogP contribution in [0.1, 0.15) is 25.6 Å². The molecular formula is C16H18ClN3O7S2. The number of azide groups is 1. The van der Waals surface area contributed by atoms with Gasteiger partial charge in [0.2, 0.25) is 5.06 Å². The van der Waals surface area contributed by atoms with E-state index < -0.39 is 52.8 Å². The number of esters is 3. The van der Waals surface area contributed by atoms with Gasteiger partial charge in [-0.25, -0.2) is 0 Å². The Labute approximate surface area is 180 Å². The molecule has 0 unspecified atom stereocenters. The lowest BCUT2D eigenvalue weighted by Gasteiger charge is -2.53. The van der Waals surface area contributed by atoms with E-state index in [-0.39, 0.29) is 0 Å². The van der Waals surface area contributed by atoms with Crippen molar-refractivity contribution in [3.8, 4) is 0 Å². The van der Waals surface area contributed by atoms with Gasteiger partial charge in [0, 0.05) is 25.7 Å². The summed E-state index contributed by atoms with van der Waals surface area (Å²) >= 11 is 12.3. The van der Waals surface area contributed by atoms with E-state index >= 15 is 0 Å². The molecule has 2 rings (SSSR count). The summed E-state index contributed by atoms with van der Waals surface area (Å²) in [6.45, 7) is 2.98. The van der Waals surface area contributed by atoms with Crippen molar-refractivity contribution in [1.82, 2.24) is 0 Å². The standard InChI is InChI=1S/C16H18ClN3O7S2/c1-8(21)24-7-11-16(17,27-10(3)23)13(19-20-18)15(14(28)25-11,26-9(2)22)12-5-4-6-29-12/h4-6,11,13-14,28H,7H2,1-3H3/t11-,13-,14-,15-,16+/m1/s1. The minimum absolute atomic E-state index is 0.396. The molecule has 0 amide bonds. The van der Waals surface area contributed by atoms with Crippen LogP contribution < -0.4 is 0 Å². The third-order valence-corrected chi connectivity index (χ3v) is 6.04. The number of halogens is 1. The molecule has 0 radical (unpaired) electrons. The van der Waals surface area contributed by atoms with Gasteiger partial charge in [-0.1, -0.05) is 22.8 Å². The van der Waals surface area contributed by atoms with E-state index in [1.165, 1.54) is 18.3 Å². The first-order chi connectivity index (χ1) is 13.6. The first kappa shape index (κ1) is 23.3. The Kier molecular flexibility index (Phi) is 7.41. The molecule has 13 heteroatoms. The number of thiophene rings is 1. The fourth-order valence-corrected chi connectivity index (χ4v) is 4.91. The first-order valence-corrected chi connectivity index (χ1v) is 9.98. The summed E-state index contributed by atoms with van der Waals surface area (Å²) in [5.41, 5.74) is 6.19. The lowest BCUT2D eigenvalue weighted by Crippen LogP contribution is -2.69. The van der Waals surface area contributed by atoms with E-state index in [9.17, 15) is 19.9 Å². The number of carbonyl (C=O) groups excluding carboxylic acids is 3. The van der Waals surface area contributed by atoms with Gasteiger partial charge in [-0.15, -0.1) is 24.0 Å². The smallest absolute Gasteiger partial charge is 0.304 e. The normalized spacial score (nSPS) is 31.3. The Bertz CT molecular complexity index is 832. The van der Waals surface area contributed by atoms with Gasteiger partial charge in [-0.3, -0.25) is 14.4 Å². The van der Waals surface area contributed by atoms with Crippen LogP contribution in [-0.2, 0) is 38.9 Å². The Morgan fingerprint density at radius 3 is 2.45 bits per heavy atom. The molecule has 29 heavy (non-hydrogen) atoms. The van der Waals surface area contributed by atoms with Crippen LogP contribution in [0.15, 0.2) is 22.6 Å². The quantitative estimate of drug-likeness (QED) is 0.130. The van der Waals surface area contributed by atoms with Crippen molar-refractivity contribution in [3.05, 3.63) is 32.8 Å². The van der Waals surface area contributed by atoms with Crippen LogP contribution in [0.25, 0.3) is 10.4 Å². The molecule has 1 aliphatic heterocycles. The van der Waals surface area contributed by atoms with Gasteiger partial charge in [-0.2, -0.15) is 0 Å². The summed E-state index contributed by atoms with van der Waals surface area (Å²) in [5, 5.41) is 3.23. The predicted octanol–water partition coefficient (Wildman–Crippen LogP) is 2.90. The molecule has 0 aromatic carbocycles. The third kappa shape index (κ3) is 4.62. The maximum Gasteiger partial charge on any atom is 0.304 e. The molecule has 0 spiro atoms. The summed E-state index contributed by atoms with van der Waals surface area (Å²) < 4.78 is 21.6. The lowest BCUT2D eigenvalue weighted by molar-refractivity contribution is -0.244. The highest BCUT2D eigenvalue weighted by Gasteiger charge is 2.68. The van der Waals surface area contributed by atoms with Gasteiger partial charge in [0.1, 0.15) is 24.2 Å². The van der Waals surface area contributed by atoms with Crippen molar-refractivity contribution in [3.63, 3.8) is 0 Å². The van der Waals surface area contributed by atoms with Crippen molar-refractivity contribution < 1.29 is 33.3 Å². The molecule has 0 aliphatic carbocycles. The predicted molar refractivity (Wildman–Crippen MR) is 105 cm³/mol. The maximum absolute atomic E-state index is 12.0. The van der Waals surface area contributed by atoms with E-state index in [1.54, 1.807) is 17.5 Å². The van der Waals surface area contributed by atoms with Crippen molar-refractivity contribution in [2.45, 2.75) is 49.0 Å². The van der Waals surface area contributed by atoms with Gasteiger partial charge in [-0.05, 0) is 17.0 Å². The molecule has 0 N–H and O–H groups in total. The fraction of sp³-hybridized carbons (Fsp3) is 0.562. The van der Waals surface area contributed by atoms with Crippen LogP contribution in [0.3, 0.4) is 0 Å². The Morgan fingerprint density at radius 1 is 1.31 bits per heavy atom. The zero-order valence-corrected chi connectivity index (χ0v) is 18.1. The highest BCUT2D eigenvalue weighted by atomic mass is 35.5. The molecule has 1 fully saturated rings. The number of carbonyl (C=O) groups is 3. The molecule has 1 saturated heterocycles. The van der Waals surface area contributed by atoms with E-state index in [0.717, 1.165) is 13.8 Å². The molecule has 5 atom stereocenters. The molecular weight excluding hydrogens is 446 g/mol. The maximum atomic E-state index is 12.0. The summed E-state index contributed by atoms with van der Waals surface area (Å²) in [6.07, 6.45) is -1.28. The number of ether oxygens (including phenoxy) is 4. The van der Waals surface area contributed by atoms with Crippen LogP contribution in [-0.4, -0.2) is 47.2 Å². The average molecular weight is 464 g/mol. The Hall–Kier alpha value is -1.98. The second-order valence-corrected chi connectivity index (χ2v) is 8.05. The molecule has 10 nitrogen and oxygen atoms in total. The highest BCUT2D eigenvalue weighted by molar-refractivity contribution is 7.80. The summed E-state index contributed by atoms with van der Waals surface area (Å²) in [4.78, 5) is 38.3. The number of rotatable bonds is 6. The number of nitrogens with zero attached hydrogens (tertiary/aromatic N) is 3. The molecule has 0 bridgehead atoms. The van der Waals surface area contributed by atoms with Crippen molar-refractivity contribution in [2.75, 3.05) is 6.61 Å². The summed E-state index contributed by atoms with van der Waals surface area (Å²) in [7, 11) is 0. The van der Waals surface area contributed by atoms with Crippen molar-refractivity contribution in [1.29, 1.82) is 0 Å². The fourth-order valence-electron chi connectivity index (χ4n) is 3.01. The molecule has 2 heterocycles. The Balaban J connectivity index is 2.71. The molecule has 0 saturated carbocycles. The number of hydrogen-bond acceptors (Lipinski definition) is 10. The van der Waals surface area contributed by atoms with Gasteiger partial charge in [0.15, 0.2) is 5.60 Å². The third-order valence-electron chi connectivity index (χ3n) is 4.00. The van der Waals surface area contributed by atoms with Crippen molar-refractivity contribution in [2.24, 2.45) is 5.11 Å². The van der Waals surface area contributed by atoms with Crippen LogP contribution in [0.5, 0.6) is 0 Å². The number of hydrogen-bond donors (Lipinski definition) is 1. The minimum atomic E-state index is -2.17. The summed E-state index contributed by atoms with van der Waals surface area (Å²) in [5.74, 6) is -2.20. The number of thiol groups is 1. The summed E-state index contributed by atoms with van der Waals surface area (Å²) in [6, 6.07) is 1.77. The highest BCUT2D eigenvalue weighted by Crippen LogP contribution is 2.52. The van der Waals surface area contributed by atoms with Crippen LogP contribution in [0.2, 0.25) is 0 Å². The molecule has 1 aliphatic rings. The zero-order valence-electron chi connectivity index (χ0n) is 15.6. The van der Waals surface area contributed by atoms with Crippen LogP contribution in [0, 0.1) is 0 Å². The van der Waals surface area contributed by atoms with Gasteiger partial charge in [0.05, 0.1) is 4.88 Å². The van der Waals surface area contributed by atoms with Gasteiger partial charge >= 0.3 is 17.9 Å². The molecule has 1 aromatic heterocycles. The second kappa shape index (κ2) is 9.23. The second-order valence-electron chi connectivity index (χ2n) is 6.04. The number of alkyl halides is 1. The minimum Gasteiger partial charge on any atom is -0.463 e. The van der Waals surface area contributed by atoms with Crippen molar-refractivity contribution >= 4 is 53.5 Å². The Morgan fingerprint density at radius 2 is 1.97 bits per heavy atom. The largest absolute Gasteiger partial charge is 0.463 e. The lowest BCUT2D eigenvalue weighted by atomic mass is 9.83. The average Bonchev–Trinajstić information content (AvgIpc) is 3.14. The monoisotopic (exact) mass is 463 g/mol. The molecule has 1 aromatic rings. The van der Waals surface area contributed by atoms with E-state index in [1.807, 2.05) is 0 Å². The zero-order chi connectivity index (χ0) is 21.8. The first-order valence-electron chi connectivity index (χ1n) is 8.21. The van der Waals surface area contributed by atoms with E-state index in [0.29, 0.717) is 4.88 Å². The molecule has 158 valence electrons. The van der Waals surface area contributed by atoms with E-state index in [4.69, 9.17) is 30.5 Å². The van der Waals surface area contributed by atoms with Crippen LogP contribution >= 0.6 is 35.6 Å². The van der Waals surface area contributed by atoms with Gasteiger partial charge < -0.3 is 18.9 Å².